The summed E-state index contributed by atoms with van der Waals surface area (Å²) in [6.07, 6.45) is 0. The first kappa shape index (κ1) is 29.0. The Hall–Kier alpha value is -6.16. The normalized spacial score (nSPS) is 11.3. The maximum Gasteiger partial charge on any atom is 0.0546 e. The van der Waals surface area contributed by atoms with Crippen LogP contribution in [0.4, 0.5) is 34.1 Å². The molecule has 0 aliphatic rings. The maximum atomic E-state index is 2.44. The number of hydrogen-bond acceptors (Lipinski definition) is 3. The van der Waals surface area contributed by atoms with Gasteiger partial charge in [-0.2, -0.15) is 0 Å². The van der Waals surface area contributed by atoms with Crippen LogP contribution in [0.1, 0.15) is 0 Å². The monoisotopic (exact) mass is 644 g/mol. The van der Waals surface area contributed by atoms with Crippen LogP contribution < -0.4 is 9.80 Å². The van der Waals surface area contributed by atoms with Crippen molar-refractivity contribution in [1.82, 2.24) is 0 Å². The van der Waals surface area contributed by atoms with E-state index in [0.717, 1.165) is 34.1 Å². The Kier molecular flexibility index (Phi) is 7.38. The van der Waals surface area contributed by atoms with E-state index in [-0.39, 0.29) is 0 Å². The van der Waals surface area contributed by atoms with Gasteiger partial charge in [0, 0.05) is 54.2 Å². The molecule has 2 nitrogen and oxygen atoms in total. The third kappa shape index (κ3) is 5.31. The summed E-state index contributed by atoms with van der Waals surface area (Å²) in [5.74, 6) is 0. The lowest BCUT2D eigenvalue weighted by Crippen LogP contribution is -2.14. The third-order valence-electron chi connectivity index (χ3n) is 9.21. The molecular weight excluding hydrogens is 613 g/mol. The summed E-state index contributed by atoms with van der Waals surface area (Å²) >= 11 is 1.85. The quantitative estimate of drug-likeness (QED) is 0.170. The summed E-state index contributed by atoms with van der Waals surface area (Å²) in [6, 6.07) is 69.9. The van der Waals surface area contributed by atoms with E-state index in [1.165, 1.54) is 42.1 Å². The van der Waals surface area contributed by atoms with Crippen molar-refractivity contribution in [2.24, 2.45) is 0 Å². The van der Waals surface area contributed by atoms with Crippen LogP contribution in [-0.4, -0.2) is 0 Å². The number of thiophene rings is 1. The second kappa shape index (κ2) is 12.5. The number of para-hydroxylation sites is 2. The minimum Gasteiger partial charge on any atom is -0.310 e. The summed E-state index contributed by atoms with van der Waals surface area (Å²) in [5.41, 5.74) is 9.05. The highest BCUT2D eigenvalue weighted by molar-refractivity contribution is 7.25. The molecule has 0 fully saturated rings. The molecule has 0 aliphatic carbocycles. The predicted octanol–water partition coefficient (Wildman–Crippen LogP) is 13.8. The van der Waals surface area contributed by atoms with E-state index in [1.807, 2.05) is 11.3 Å². The van der Waals surface area contributed by atoms with Crippen molar-refractivity contribution in [2.75, 3.05) is 9.80 Å². The van der Waals surface area contributed by atoms with E-state index in [9.17, 15) is 0 Å². The standard InChI is InChI=1S/C46H32N2S/c1-4-16-34(17-5-1)46-40-24-11-10-15-33(40)27-30-43(46)48(39-28-29-42-41-25-12-13-26-44(41)49-45(42)32-39)38-23-14-22-37(31-38)47(35-18-6-2-7-19-35)36-20-8-3-9-21-36/h1-32H. The van der Waals surface area contributed by atoms with Crippen LogP contribution in [0.25, 0.3) is 42.1 Å². The molecule has 0 atom stereocenters. The molecule has 0 spiro atoms. The maximum absolute atomic E-state index is 2.44. The zero-order valence-corrected chi connectivity index (χ0v) is 27.6. The summed E-state index contributed by atoms with van der Waals surface area (Å²) in [6.45, 7) is 0. The molecule has 0 amide bonds. The number of nitrogens with zero attached hydrogens (tertiary/aromatic N) is 2. The molecular formula is C46H32N2S. The lowest BCUT2D eigenvalue weighted by Gasteiger charge is -2.31. The van der Waals surface area contributed by atoms with Gasteiger partial charge in [0.25, 0.3) is 0 Å². The van der Waals surface area contributed by atoms with Gasteiger partial charge in [0.15, 0.2) is 0 Å². The van der Waals surface area contributed by atoms with Crippen molar-refractivity contribution in [3.63, 3.8) is 0 Å². The van der Waals surface area contributed by atoms with Crippen LogP contribution in [0.3, 0.4) is 0 Å². The van der Waals surface area contributed by atoms with Crippen LogP contribution in [0.2, 0.25) is 0 Å². The first-order valence-corrected chi connectivity index (χ1v) is 17.4. The molecule has 9 rings (SSSR count). The topological polar surface area (TPSA) is 6.48 Å². The first-order chi connectivity index (χ1) is 24.3. The minimum absolute atomic E-state index is 1.09. The van der Waals surface area contributed by atoms with Gasteiger partial charge < -0.3 is 9.80 Å². The van der Waals surface area contributed by atoms with Crippen molar-refractivity contribution in [3.05, 3.63) is 194 Å². The largest absolute Gasteiger partial charge is 0.310 e. The van der Waals surface area contributed by atoms with Gasteiger partial charge in [0.1, 0.15) is 0 Å². The molecule has 0 unspecified atom stereocenters. The second-order valence-corrected chi connectivity index (χ2v) is 13.3. The summed E-state index contributed by atoms with van der Waals surface area (Å²) in [7, 11) is 0. The van der Waals surface area contributed by atoms with Crippen molar-refractivity contribution >= 4 is 76.4 Å². The van der Waals surface area contributed by atoms with Gasteiger partial charge in [0.2, 0.25) is 0 Å². The Bertz CT molecular complexity index is 2520. The van der Waals surface area contributed by atoms with Gasteiger partial charge in [-0.3, -0.25) is 0 Å². The van der Waals surface area contributed by atoms with E-state index in [4.69, 9.17) is 0 Å². The molecule has 0 saturated heterocycles. The van der Waals surface area contributed by atoms with E-state index in [0.29, 0.717) is 0 Å². The lowest BCUT2D eigenvalue weighted by atomic mass is 9.95. The first-order valence-electron chi connectivity index (χ1n) is 16.6. The van der Waals surface area contributed by atoms with E-state index in [2.05, 4.69) is 204 Å². The molecule has 3 heteroatoms. The molecule has 1 heterocycles. The van der Waals surface area contributed by atoms with Gasteiger partial charge in [-0.05, 0) is 83.1 Å². The Morgan fingerprint density at radius 2 is 0.878 bits per heavy atom. The smallest absolute Gasteiger partial charge is 0.0546 e. The summed E-state index contributed by atoms with van der Waals surface area (Å²) < 4.78 is 2.58. The van der Waals surface area contributed by atoms with Crippen molar-refractivity contribution in [1.29, 1.82) is 0 Å². The highest BCUT2D eigenvalue weighted by Gasteiger charge is 2.22. The molecule has 0 radical (unpaired) electrons. The fourth-order valence-corrected chi connectivity index (χ4v) is 8.15. The minimum atomic E-state index is 1.09. The summed E-state index contributed by atoms with van der Waals surface area (Å²) in [4.78, 5) is 4.77. The molecule has 1 aromatic heterocycles. The molecule has 0 bridgehead atoms. The van der Waals surface area contributed by atoms with Crippen LogP contribution in [0.5, 0.6) is 0 Å². The Morgan fingerprint density at radius 3 is 1.61 bits per heavy atom. The number of benzene rings is 8. The SMILES string of the molecule is c1ccc(-c2c(N(c3cccc(N(c4ccccc4)c4ccccc4)c3)c3ccc4c(c3)sc3ccccc34)ccc3ccccc23)cc1. The van der Waals surface area contributed by atoms with Crippen LogP contribution in [0.15, 0.2) is 194 Å². The molecule has 9 aromatic rings. The number of rotatable bonds is 7. The third-order valence-corrected chi connectivity index (χ3v) is 10.3. The van der Waals surface area contributed by atoms with Crippen LogP contribution >= 0.6 is 11.3 Å². The number of hydrogen-bond donors (Lipinski definition) is 0. The van der Waals surface area contributed by atoms with Gasteiger partial charge in [-0.25, -0.2) is 0 Å². The number of anilines is 6. The molecule has 0 saturated carbocycles. The zero-order valence-electron chi connectivity index (χ0n) is 26.8. The molecule has 49 heavy (non-hydrogen) atoms. The zero-order chi connectivity index (χ0) is 32.6. The molecule has 0 aliphatic heterocycles. The lowest BCUT2D eigenvalue weighted by molar-refractivity contribution is 1.25. The van der Waals surface area contributed by atoms with Crippen molar-refractivity contribution < 1.29 is 0 Å². The fourth-order valence-electron chi connectivity index (χ4n) is 7.01. The molecule has 8 aromatic carbocycles. The van der Waals surface area contributed by atoms with Crippen molar-refractivity contribution in [3.8, 4) is 11.1 Å². The van der Waals surface area contributed by atoms with Crippen molar-refractivity contribution in [2.45, 2.75) is 0 Å². The Balaban J connectivity index is 1.31. The van der Waals surface area contributed by atoms with Gasteiger partial charge in [0.05, 0.1) is 5.69 Å². The predicted molar refractivity (Wildman–Crippen MR) is 212 cm³/mol. The van der Waals surface area contributed by atoms with Gasteiger partial charge in [-0.1, -0.05) is 127 Å². The van der Waals surface area contributed by atoms with E-state index in [1.54, 1.807) is 0 Å². The molecule has 0 N–H and O–H groups in total. The average Bonchev–Trinajstić information content (AvgIpc) is 3.54. The van der Waals surface area contributed by atoms with Crippen LogP contribution in [-0.2, 0) is 0 Å². The highest BCUT2D eigenvalue weighted by atomic mass is 32.1. The van der Waals surface area contributed by atoms with Gasteiger partial charge in [-0.15, -0.1) is 11.3 Å². The number of fused-ring (bicyclic) bond motifs is 4. The molecule has 232 valence electrons. The van der Waals surface area contributed by atoms with Crippen LogP contribution in [0, 0.1) is 0 Å². The highest BCUT2D eigenvalue weighted by Crippen LogP contribution is 2.47. The Morgan fingerprint density at radius 1 is 0.327 bits per heavy atom. The summed E-state index contributed by atoms with van der Waals surface area (Å²) in [5, 5.41) is 5.04. The van der Waals surface area contributed by atoms with E-state index < -0.39 is 0 Å². The average molecular weight is 645 g/mol. The second-order valence-electron chi connectivity index (χ2n) is 12.2. The fraction of sp³-hybridized carbons (Fsp3) is 0. The van der Waals surface area contributed by atoms with E-state index >= 15 is 0 Å². The Labute approximate surface area is 290 Å². The van der Waals surface area contributed by atoms with Gasteiger partial charge >= 0.3 is 0 Å².